The normalized spacial score (nSPS) is 11.5. The molecule has 7 rings (SSSR count). The van der Waals surface area contributed by atoms with E-state index in [2.05, 4.69) is 212 Å². The quantitative estimate of drug-likeness (QED) is 0.133. The third kappa shape index (κ3) is 7.49. The molecule has 0 unspecified atom stereocenters. The molecule has 0 aliphatic rings. The standard InChI is InChI=1S/C47H47N5O/c1-48(2)43-26-30-46-36(32-43)14-22-38(50(46)5)16-8-34-10-18-40(19-11-34)52(42-24-28-45(53-7)29-25-42)41-20-12-35(13-21-41)9-17-39-23-15-37-33-44(49(3)4)27-31-47(37)51(39)6/h8-33H,1-7H3/q+2. The van der Waals surface area contributed by atoms with Crippen LogP contribution in [0.4, 0.5) is 28.4 Å². The summed E-state index contributed by atoms with van der Waals surface area (Å²) in [5.41, 5.74) is 12.5. The lowest BCUT2D eigenvalue weighted by atomic mass is 10.1. The molecule has 0 bridgehead atoms. The van der Waals surface area contributed by atoms with E-state index in [9.17, 15) is 0 Å². The van der Waals surface area contributed by atoms with E-state index in [1.54, 1.807) is 7.11 Å². The molecule has 0 saturated carbocycles. The highest BCUT2D eigenvalue weighted by Crippen LogP contribution is 2.36. The van der Waals surface area contributed by atoms with E-state index in [0.29, 0.717) is 0 Å². The first kappa shape index (κ1) is 35.0. The summed E-state index contributed by atoms with van der Waals surface area (Å²) in [5, 5.41) is 2.45. The Kier molecular flexibility index (Phi) is 9.95. The van der Waals surface area contributed by atoms with Gasteiger partial charge in [0.15, 0.2) is 0 Å². The number of rotatable bonds is 10. The predicted molar refractivity (Wildman–Crippen MR) is 224 cm³/mol. The molecular formula is C47H47N5O+2. The minimum Gasteiger partial charge on any atom is -0.497 e. The number of ether oxygens (including phenoxy) is 1. The summed E-state index contributed by atoms with van der Waals surface area (Å²) >= 11 is 0. The molecule has 0 N–H and O–H groups in total. The maximum Gasteiger partial charge on any atom is 0.212 e. The molecule has 6 heteroatoms. The predicted octanol–water partition coefficient (Wildman–Crippen LogP) is 9.59. The van der Waals surface area contributed by atoms with Crippen molar-refractivity contribution in [2.24, 2.45) is 14.1 Å². The van der Waals surface area contributed by atoms with Gasteiger partial charge in [0.2, 0.25) is 22.4 Å². The summed E-state index contributed by atoms with van der Waals surface area (Å²) in [4.78, 5) is 6.54. The summed E-state index contributed by atoms with van der Waals surface area (Å²) in [6.45, 7) is 0. The average Bonchev–Trinajstić information content (AvgIpc) is 3.18. The van der Waals surface area contributed by atoms with Crippen LogP contribution in [0, 0.1) is 0 Å². The summed E-state index contributed by atoms with van der Waals surface area (Å²) in [6.07, 6.45) is 8.71. The largest absolute Gasteiger partial charge is 0.497 e. The lowest BCUT2D eigenvalue weighted by molar-refractivity contribution is -0.646. The molecule has 0 saturated heterocycles. The maximum atomic E-state index is 5.47. The highest BCUT2D eigenvalue weighted by molar-refractivity contribution is 5.83. The second-order valence-electron chi connectivity index (χ2n) is 13.8. The van der Waals surface area contributed by atoms with Crippen LogP contribution in [0.25, 0.3) is 46.1 Å². The molecule has 0 radical (unpaired) electrons. The van der Waals surface area contributed by atoms with E-state index >= 15 is 0 Å². The minimum atomic E-state index is 0.828. The summed E-state index contributed by atoms with van der Waals surface area (Å²) in [5.74, 6) is 0.828. The van der Waals surface area contributed by atoms with Gasteiger partial charge >= 0.3 is 0 Å². The highest BCUT2D eigenvalue weighted by atomic mass is 16.5. The topological polar surface area (TPSA) is 26.7 Å². The number of hydrogen-bond donors (Lipinski definition) is 0. The molecule has 0 fully saturated rings. The van der Waals surface area contributed by atoms with Crippen LogP contribution in [-0.4, -0.2) is 35.3 Å². The van der Waals surface area contributed by atoms with E-state index in [-0.39, 0.29) is 0 Å². The number of hydrogen-bond acceptors (Lipinski definition) is 4. The van der Waals surface area contributed by atoms with Crippen molar-refractivity contribution >= 4 is 74.5 Å². The smallest absolute Gasteiger partial charge is 0.212 e. The Morgan fingerprint density at radius 3 is 1.19 bits per heavy atom. The van der Waals surface area contributed by atoms with Gasteiger partial charge < -0.3 is 19.4 Å². The Morgan fingerprint density at radius 2 is 0.811 bits per heavy atom. The molecule has 0 atom stereocenters. The number of benzene rings is 5. The molecule has 5 aromatic carbocycles. The van der Waals surface area contributed by atoms with Crippen LogP contribution in [0.5, 0.6) is 5.75 Å². The summed E-state index contributed by atoms with van der Waals surface area (Å²) < 4.78 is 9.96. The lowest BCUT2D eigenvalue weighted by Crippen LogP contribution is -2.32. The van der Waals surface area contributed by atoms with Gasteiger partial charge in [0.1, 0.15) is 19.8 Å². The second-order valence-corrected chi connectivity index (χ2v) is 13.8. The zero-order valence-corrected chi connectivity index (χ0v) is 31.7. The average molecular weight is 698 g/mol. The number of anilines is 5. The third-order valence-electron chi connectivity index (χ3n) is 9.95. The molecule has 0 spiro atoms. The molecule has 2 aromatic heterocycles. The fourth-order valence-electron chi connectivity index (χ4n) is 6.72. The molecule has 2 heterocycles. The third-order valence-corrected chi connectivity index (χ3v) is 9.95. The van der Waals surface area contributed by atoms with Crippen molar-refractivity contribution in [1.82, 2.24) is 0 Å². The summed E-state index contributed by atoms with van der Waals surface area (Å²) in [6, 6.07) is 47.6. The number of aromatic nitrogens is 2. The molecule has 0 aliphatic carbocycles. The first-order valence-electron chi connectivity index (χ1n) is 17.9. The van der Waals surface area contributed by atoms with Gasteiger partial charge in [0.25, 0.3) is 0 Å². The monoisotopic (exact) mass is 697 g/mol. The molecule has 0 amide bonds. The SMILES string of the molecule is COc1ccc(N(c2ccc(/C=C/c3ccc4cc(N(C)C)ccc4[n+]3C)cc2)c2ccc(/C=C/c3ccc4cc(N(C)C)ccc4[n+]3C)cc2)cc1. The number of aryl methyl sites for hydroxylation is 2. The molecule has 264 valence electrons. The van der Waals surface area contributed by atoms with Crippen LogP contribution in [0.3, 0.4) is 0 Å². The van der Waals surface area contributed by atoms with Crippen LogP contribution >= 0.6 is 0 Å². The Morgan fingerprint density at radius 1 is 0.434 bits per heavy atom. The minimum absolute atomic E-state index is 0.828. The van der Waals surface area contributed by atoms with Gasteiger partial charge in [-0.1, -0.05) is 24.3 Å². The van der Waals surface area contributed by atoms with Crippen molar-refractivity contribution in [1.29, 1.82) is 0 Å². The van der Waals surface area contributed by atoms with Crippen molar-refractivity contribution < 1.29 is 13.9 Å². The van der Waals surface area contributed by atoms with E-state index in [4.69, 9.17) is 4.74 Å². The van der Waals surface area contributed by atoms with Crippen molar-refractivity contribution in [3.8, 4) is 5.75 Å². The van der Waals surface area contributed by atoms with Gasteiger partial charge in [-0.05, 0) is 108 Å². The van der Waals surface area contributed by atoms with Crippen LogP contribution in [0.1, 0.15) is 22.5 Å². The zero-order chi connectivity index (χ0) is 37.1. The van der Waals surface area contributed by atoms with Gasteiger partial charge in [0.05, 0.1) is 7.11 Å². The Bertz CT molecular complexity index is 2290. The Hall–Kier alpha value is -6.40. The van der Waals surface area contributed by atoms with Crippen molar-refractivity contribution in [2.75, 3.05) is 50.0 Å². The van der Waals surface area contributed by atoms with Gasteiger partial charge in [0, 0.05) is 104 Å². The first-order chi connectivity index (χ1) is 25.7. The van der Waals surface area contributed by atoms with E-state index < -0.39 is 0 Å². The molecule has 6 nitrogen and oxygen atoms in total. The number of pyridine rings is 2. The number of methoxy groups -OCH3 is 1. The Balaban J connectivity index is 1.13. The molecule has 7 aromatic rings. The molecular weight excluding hydrogens is 651 g/mol. The van der Waals surface area contributed by atoms with Crippen molar-refractivity contribution in [3.05, 3.63) is 156 Å². The lowest BCUT2D eigenvalue weighted by Gasteiger charge is -2.26. The van der Waals surface area contributed by atoms with Crippen LogP contribution < -0.4 is 28.6 Å². The van der Waals surface area contributed by atoms with Crippen LogP contribution in [0.15, 0.2) is 133 Å². The number of fused-ring (bicyclic) bond motifs is 2. The van der Waals surface area contributed by atoms with Crippen LogP contribution in [-0.2, 0) is 14.1 Å². The van der Waals surface area contributed by atoms with Gasteiger partial charge in [-0.2, -0.15) is 9.13 Å². The fraction of sp³-hybridized carbons (Fsp3) is 0.149. The molecule has 53 heavy (non-hydrogen) atoms. The van der Waals surface area contributed by atoms with Crippen LogP contribution in [0.2, 0.25) is 0 Å². The van der Waals surface area contributed by atoms with Gasteiger partial charge in [-0.15, -0.1) is 0 Å². The first-order valence-corrected chi connectivity index (χ1v) is 17.9. The zero-order valence-electron chi connectivity index (χ0n) is 31.7. The fourth-order valence-corrected chi connectivity index (χ4v) is 6.72. The summed E-state index contributed by atoms with van der Waals surface area (Å²) in [7, 11) is 14.2. The van der Waals surface area contributed by atoms with E-state index in [1.807, 2.05) is 12.1 Å². The van der Waals surface area contributed by atoms with Gasteiger partial charge in [-0.25, -0.2) is 0 Å². The second kappa shape index (κ2) is 15.1. The van der Waals surface area contributed by atoms with Gasteiger partial charge in [-0.3, -0.25) is 0 Å². The highest BCUT2D eigenvalue weighted by Gasteiger charge is 2.15. The molecule has 0 aliphatic heterocycles. The number of nitrogens with zero attached hydrogens (tertiary/aromatic N) is 5. The maximum absolute atomic E-state index is 5.47. The van der Waals surface area contributed by atoms with Crippen molar-refractivity contribution in [2.45, 2.75) is 0 Å². The van der Waals surface area contributed by atoms with E-state index in [1.165, 1.54) is 33.2 Å². The van der Waals surface area contributed by atoms with E-state index in [0.717, 1.165) is 45.3 Å². The van der Waals surface area contributed by atoms with Crippen molar-refractivity contribution in [3.63, 3.8) is 0 Å². The Labute approximate surface area is 313 Å².